The first-order valence-electron chi connectivity index (χ1n) is 4.53. The van der Waals surface area contributed by atoms with Crippen LogP contribution in [0.2, 0.25) is 0 Å². The van der Waals surface area contributed by atoms with Crippen LogP contribution in [0.4, 0.5) is 0 Å². The van der Waals surface area contributed by atoms with Gasteiger partial charge in [0.1, 0.15) is 12.5 Å². The van der Waals surface area contributed by atoms with Gasteiger partial charge in [-0.25, -0.2) is 9.97 Å². The van der Waals surface area contributed by atoms with Gasteiger partial charge in [-0.2, -0.15) is 0 Å². The summed E-state index contributed by atoms with van der Waals surface area (Å²) in [4.78, 5) is 7.89. The lowest BCUT2D eigenvalue weighted by molar-refractivity contribution is 1.16. The molecule has 1 aromatic carbocycles. The van der Waals surface area contributed by atoms with Crippen LogP contribution < -0.4 is 0 Å². The maximum absolute atomic E-state index is 3.99. The summed E-state index contributed by atoms with van der Waals surface area (Å²) in [5.41, 5.74) is 4.65. The Balaban J connectivity index is 2.58. The second-order valence-electron chi connectivity index (χ2n) is 3.30. The monoisotopic (exact) mass is 183 g/mol. The van der Waals surface area contributed by atoms with Gasteiger partial charge in [-0.15, -0.1) is 0 Å². The average molecular weight is 183 g/mol. The lowest BCUT2D eigenvalue weighted by Crippen LogP contribution is -1.88. The van der Waals surface area contributed by atoms with Gasteiger partial charge in [-0.1, -0.05) is 18.2 Å². The molecule has 0 spiro atoms. The first-order chi connectivity index (χ1) is 6.79. The molecule has 0 aliphatic rings. The molecule has 0 aliphatic heterocycles. The van der Waals surface area contributed by atoms with Crippen LogP contribution in [-0.4, -0.2) is 9.97 Å². The Bertz CT molecular complexity index is 435. The summed E-state index contributed by atoms with van der Waals surface area (Å²) in [6.07, 6.45) is 6.22. The van der Waals surface area contributed by atoms with Crippen molar-refractivity contribution in [1.82, 2.24) is 9.97 Å². The van der Waals surface area contributed by atoms with Gasteiger partial charge < -0.3 is 0 Å². The predicted octanol–water partition coefficient (Wildman–Crippen LogP) is 2.56. The van der Waals surface area contributed by atoms with E-state index in [2.05, 4.69) is 42.1 Å². The molecule has 69 valence electrons. The largest absolute Gasteiger partial charge is 0.244 e. The number of benzene rings is 1. The Labute approximate surface area is 83.7 Å². The average Bonchev–Trinajstić information content (AvgIpc) is 2.23. The summed E-state index contributed by atoms with van der Waals surface area (Å²) in [6.45, 7) is 4.20. The maximum Gasteiger partial charge on any atom is 0.116 e. The number of aryl methyl sites for hydroxylation is 1. The van der Waals surface area contributed by atoms with Gasteiger partial charge in [-0.05, 0) is 30.5 Å². The summed E-state index contributed by atoms with van der Waals surface area (Å²) in [5.74, 6) is 0. The van der Waals surface area contributed by atoms with Crippen molar-refractivity contribution in [1.29, 1.82) is 0 Å². The molecule has 0 unspecified atom stereocenters. The van der Waals surface area contributed by atoms with Crippen molar-refractivity contribution in [3.8, 4) is 11.1 Å². The van der Waals surface area contributed by atoms with Crippen molar-refractivity contribution in [2.24, 2.45) is 0 Å². The van der Waals surface area contributed by atoms with E-state index < -0.39 is 0 Å². The van der Waals surface area contributed by atoms with Gasteiger partial charge >= 0.3 is 0 Å². The van der Waals surface area contributed by atoms with E-state index >= 15 is 0 Å². The van der Waals surface area contributed by atoms with Crippen LogP contribution in [0.5, 0.6) is 0 Å². The molecule has 0 aliphatic carbocycles. The van der Waals surface area contributed by atoms with Crippen molar-refractivity contribution < 1.29 is 0 Å². The van der Waals surface area contributed by atoms with Crippen LogP contribution in [0.1, 0.15) is 11.1 Å². The number of aromatic nitrogens is 2. The van der Waals surface area contributed by atoms with Crippen molar-refractivity contribution in [2.75, 3.05) is 0 Å². The Morgan fingerprint density at radius 1 is 1.21 bits per heavy atom. The number of rotatable bonds is 1. The van der Waals surface area contributed by atoms with Crippen LogP contribution in [0.3, 0.4) is 0 Å². The first-order valence-corrected chi connectivity index (χ1v) is 4.53. The van der Waals surface area contributed by atoms with Crippen LogP contribution in [-0.2, 0) is 0 Å². The third kappa shape index (κ3) is 1.51. The fourth-order valence-corrected chi connectivity index (χ4v) is 1.44. The number of nitrogens with zero attached hydrogens (tertiary/aromatic N) is 2. The maximum atomic E-state index is 3.99. The molecule has 2 nitrogen and oxygen atoms in total. The minimum Gasteiger partial charge on any atom is -0.244 e. The van der Waals surface area contributed by atoms with Crippen LogP contribution >= 0.6 is 0 Å². The molecule has 0 atom stereocenters. The van der Waals surface area contributed by atoms with E-state index in [-0.39, 0.29) is 0 Å². The molecule has 0 amide bonds. The zero-order valence-corrected chi connectivity index (χ0v) is 8.28. The van der Waals surface area contributed by atoms with Gasteiger partial charge in [0.25, 0.3) is 0 Å². The van der Waals surface area contributed by atoms with Crippen molar-refractivity contribution >= 4 is 0 Å². The van der Waals surface area contributed by atoms with Gasteiger partial charge in [0, 0.05) is 11.8 Å². The molecular weight excluding hydrogens is 172 g/mol. The van der Waals surface area contributed by atoms with Gasteiger partial charge in [0.05, 0.1) is 0 Å². The lowest BCUT2D eigenvalue weighted by Gasteiger charge is -2.06. The van der Waals surface area contributed by atoms with Crippen LogP contribution in [0.25, 0.3) is 11.1 Å². The third-order valence-corrected chi connectivity index (χ3v) is 2.41. The standard InChI is InChI=1S/C12H11N2/c1-9-4-3-5-12(10(9)2)11-6-13-8-14-7-11/h3-6,8H,1-2H3. The normalized spacial score (nSPS) is 10.1. The smallest absolute Gasteiger partial charge is 0.116 e. The zero-order valence-electron chi connectivity index (χ0n) is 8.28. The minimum atomic E-state index is 0.953. The molecule has 2 aromatic rings. The molecule has 2 heteroatoms. The van der Waals surface area contributed by atoms with E-state index in [4.69, 9.17) is 0 Å². The highest BCUT2D eigenvalue weighted by molar-refractivity contribution is 5.66. The Hall–Kier alpha value is -1.70. The molecule has 0 bridgehead atoms. The summed E-state index contributed by atoms with van der Waals surface area (Å²) < 4.78 is 0. The number of hydrogen-bond acceptors (Lipinski definition) is 2. The second-order valence-corrected chi connectivity index (χ2v) is 3.30. The van der Waals surface area contributed by atoms with Crippen LogP contribution in [0.15, 0.2) is 30.7 Å². The molecule has 1 radical (unpaired) electrons. The molecule has 0 saturated heterocycles. The SMILES string of the molecule is Cc1cccc(-c2[c]ncnc2)c1C. The Kier molecular flexibility index (Phi) is 2.27. The highest BCUT2D eigenvalue weighted by atomic mass is 14.8. The van der Waals surface area contributed by atoms with Crippen molar-refractivity contribution in [3.05, 3.63) is 48.0 Å². The summed E-state index contributed by atoms with van der Waals surface area (Å²) in [7, 11) is 0. The van der Waals surface area contributed by atoms with Gasteiger partial charge in [-0.3, -0.25) is 0 Å². The predicted molar refractivity (Wildman–Crippen MR) is 55.8 cm³/mol. The molecule has 1 heterocycles. The van der Waals surface area contributed by atoms with E-state index in [1.807, 2.05) is 6.07 Å². The molecule has 2 rings (SSSR count). The molecule has 0 fully saturated rings. The summed E-state index contributed by atoms with van der Waals surface area (Å²) in [6, 6.07) is 6.21. The Morgan fingerprint density at radius 3 is 2.79 bits per heavy atom. The van der Waals surface area contributed by atoms with E-state index in [0.29, 0.717) is 0 Å². The fraction of sp³-hybridized carbons (Fsp3) is 0.167. The highest BCUT2D eigenvalue weighted by Crippen LogP contribution is 2.23. The molecule has 1 aromatic heterocycles. The van der Waals surface area contributed by atoms with E-state index in [1.54, 1.807) is 6.20 Å². The lowest BCUT2D eigenvalue weighted by atomic mass is 9.99. The van der Waals surface area contributed by atoms with Gasteiger partial charge in [0.2, 0.25) is 0 Å². The molecule has 0 N–H and O–H groups in total. The first kappa shape index (κ1) is 8.88. The second kappa shape index (κ2) is 3.58. The fourth-order valence-electron chi connectivity index (χ4n) is 1.44. The summed E-state index contributed by atoms with van der Waals surface area (Å²) in [5, 5.41) is 0. The molecule has 14 heavy (non-hydrogen) atoms. The zero-order chi connectivity index (χ0) is 9.97. The molecule has 0 saturated carbocycles. The molecular formula is C12H11N2. The van der Waals surface area contributed by atoms with E-state index in [9.17, 15) is 0 Å². The Morgan fingerprint density at radius 2 is 2.07 bits per heavy atom. The van der Waals surface area contributed by atoms with Crippen molar-refractivity contribution in [3.63, 3.8) is 0 Å². The third-order valence-electron chi connectivity index (χ3n) is 2.41. The van der Waals surface area contributed by atoms with E-state index in [1.165, 1.54) is 17.5 Å². The summed E-state index contributed by atoms with van der Waals surface area (Å²) >= 11 is 0. The van der Waals surface area contributed by atoms with Gasteiger partial charge in [0.15, 0.2) is 0 Å². The van der Waals surface area contributed by atoms with Crippen LogP contribution in [0, 0.1) is 20.0 Å². The minimum absolute atomic E-state index is 0.953. The quantitative estimate of drug-likeness (QED) is 0.679. The highest BCUT2D eigenvalue weighted by Gasteiger charge is 2.03. The number of hydrogen-bond donors (Lipinski definition) is 0. The van der Waals surface area contributed by atoms with E-state index in [0.717, 1.165) is 11.1 Å². The topological polar surface area (TPSA) is 25.8 Å². The van der Waals surface area contributed by atoms with Crippen molar-refractivity contribution in [2.45, 2.75) is 13.8 Å².